The lowest BCUT2D eigenvalue weighted by molar-refractivity contribution is 0.285. The zero-order valence-electron chi connectivity index (χ0n) is 16.9. The van der Waals surface area contributed by atoms with E-state index in [2.05, 4.69) is 54.2 Å². The van der Waals surface area contributed by atoms with Gasteiger partial charge in [0.2, 0.25) is 6.17 Å². The fraction of sp³-hybridized carbons (Fsp3) is 0.625. The van der Waals surface area contributed by atoms with Gasteiger partial charge in [-0.2, -0.15) is 0 Å². The van der Waals surface area contributed by atoms with E-state index in [9.17, 15) is 0 Å². The number of hydrogen-bond acceptors (Lipinski definition) is 2. The lowest BCUT2D eigenvalue weighted by Gasteiger charge is -2.26. The monoisotopic (exact) mass is 353 g/mol. The molecule has 2 rings (SSSR count). The molecule has 1 aliphatic rings. The zero-order valence-corrected chi connectivity index (χ0v) is 16.9. The predicted octanol–water partition coefficient (Wildman–Crippen LogP) is 7.05. The molecule has 0 aromatic heterocycles. The first-order valence-electron chi connectivity index (χ1n) is 10.8. The fourth-order valence-corrected chi connectivity index (χ4v) is 4.01. The molecular weight excluding hydrogens is 316 g/mol. The largest absolute Gasteiger partial charge is 0.244 e. The number of aliphatic imine (C=N–C) groups is 2. The van der Waals surface area contributed by atoms with E-state index in [4.69, 9.17) is 0 Å². The number of hydrogen-bond donors (Lipinski definition) is 0. The number of unbranched alkanes of at least 4 members (excludes halogenated alkanes) is 6. The Morgan fingerprint density at radius 2 is 1.38 bits per heavy atom. The average molecular weight is 354 g/mol. The lowest BCUT2D eigenvalue weighted by Crippen LogP contribution is -2.22. The molecule has 1 heterocycles. The van der Waals surface area contributed by atoms with E-state index in [-0.39, 0.29) is 0 Å². The Morgan fingerprint density at radius 1 is 0.769 bits per heavy atom. The zero-order chi connectivity index (χ0) is 18.5. The standard InChI is InChI=1S/C24H37N2/c1-3-5-7-8-13-17-23(24-25-18-19-26-24)22(16-10-6-4-2)20-21-14-11-9-12-15-21/h9,11-12,14-15,18-19,22-23H,3-8,10,13,16-17,20H2,1-2H3/q+1. The van der Waals surface area contributed by atoms with Gasteiger partial charge in [0.1, 0.15) is 0 Å². The van der Waals surface area contributed by atoms with Crippen LogP contribution in [0.5, 0.6) is 0 Å². The van der Waals surface area contributed by atoms with E-state index < -0.39 is 0 Å². The molecule has 0 bridgehead atoms. The van der Waals surface area contributed by atoms with Gasteiger partial charge in [-0.3, -0.25) is 0 Å². The van der Waals surface area contributed by atoms with Gasteiger partial charge in [-0.1, -0.05) is 106 Å². The maximum absolute atomic E-state index is 4.61. The van der Waals surface area contributed by atoms with Gasteiger partial charge in [0.25, 0.3) is 0 Å². The Labute approximate surface area is 161 Å². The maximum atomic E-state index is 4.61. The van der Waals surface area contributed by atoms with Crippen LogP contribution in [0, 0.1) is 18.0 Å². The highest BCUT2D eigenvalue weighted by molar-refractivity contribution is 6.18. The third kappa shape index (κ3) is 7.35. The summed E-state index contributed by atoms with van der Waals surface area (Å²) in [4.78, 5) is 9.22. The number of benzene rings is 1. The van der Waals surface area contributed by atoms with Crippen LogP contribution in [-0.4, -0.2) is 12.4 Å². The van der Waals surface area contributed by atoms with Crippen molar-refractivity contribution in [2.24, 2.45) is 21.8 Å². The van der Waals surface area contributed by atoms with Crippen LogP contribution >= 0.6 is 0 Å². The van der Waals surface area contributed by atoms with Crippen molar-refractivity contribution < 1.29 is 0 Å². The summed E-state index contributed by atoms with van der Waals surface area (Å²) < 4.78 is 0. The van der Waals surface area contributed by atoms with E-state index in [0.717, 1.165) is 12.6 Å². The molecule has 1 aromatic carbocycles. The van der Waals surface area contributed by atoms with Crippen molar-refractivity contribution in [3.8, 4) is 0 Å². The van der Waals surface area contributed by atoms with Gasteiger partial charge in [0.15, 0.2) is 12.4 Å². The summed E-state index contributed by atoms with van der Waals surface area (Å²) >= 11 is 0. The molecule has 0 radical (unpaired) electrons. The van der Waals surface area contributed by atoms with E-state index in [1.54, 1.807) is 0 Å². The smallest absolute Gasteiger partial charge is 0.0965 e. The third-order valence-corrected chi connectivity index (χ3v) is 5.52. The minimum absolute atomic E-state index is 0.503. The molecule has 0 saturated carbocycles. The van der Waals surface area contributed by atoms with Crippen LogP contribution in [0.15, 0.2) is 40.3 Å². The van der Waals surface area contributed by atoms with E-state index in [0.29, 0.717) is 11.8 Å². The SMILES string of the molecule is CCCCCCCC([C+]1N=CC=N1)C(CCCCC)Cc1ccccc1. The molecule has 1 aliphatic heterocycles. The molecule has 0 spiro atoms. The highest BCUT2D eigenvalue weighted by Gasteiger charge is 2.35. The minimum Gasteiger partial charge on any atom is -0.0965 e. The highest BCUT2D eigenvalue weighted by Crippen LogP contribution is 2.36. The molecule has 0 fully saturated rings. The molecule has 0 amide bonds. The van der Waals surface area contributed by atoms with Crippen LogP contribution in [0.1, 0.15) is 83.6 Å². The summed E-state index contributed by atoms with van der Waals surface area (Å²) in [6.07, 6.45) is 19.1. The maximum Gasteiger partial charge on any atom is 0.244 e. The first-order chi connectivity index (χ1) is 12.8. The first-order valence-corrected chi connectivity index (χ1v) is 10.8. The van der Waals surface area contributed by atoms with Crippen LogP contribution in [0.4, 0.5) is 0 Å². The Bertz CT molecular complexity index is 508. The molecule has 1 aromatic rings. The number of rotatable bonds is 14. The number of nitrogens with zero attached hydrogens (tertiary/aromatic N) is 2. The second kappa shape index (κ2) is 12.7. The molecule has 0 saturated heterocycles. The minimum atomic E-state index is 0.503. The molecule has 26 heavy (non-hydrogen) atoms. The molecule has 0 N–H and O–H groups in total. The van der Waals surface area contributed by atoms with Crippen molar-refractivity contribution in [2.75, 3.05) is 0 Å². The summed E-state index contributed by atoms with van der Waals surface area (Å²) in [5.74, 6) is 1.15. The summed E-state index contributed by atoms with van der Waals surface area (Å²) in [6, 6.07) is 11.0. The van der Waals surface area contributed by atoms with Crippen molar-refractivity contribution in [1.82, 2.24) is 0 Å². The second-order valence-electron chi connectivity index (χ2n) is 7.67. The van der Waals surface area contributed by atoms with Crippen LogP contribution in [0.3, 0.4) is 0 Å². The van der Waals surface area contributed by atoms with Gasteiger partial charge in [0, 0.05) is 0 Å². The molecule has 2 atom stereocenters. The van der Waals surface area contributed by atoms with Crippen LogP contribution < -0.4 is 0 Å². The summed E-state index contributed by atoms with van der Waals surface area (Å²) in [6.45, 7) is 4.57. The Balaban J connectivity index is 2.02. The van der Waals surface area contributed by atoms with Gasteiger partial charge in [0.05, 0.1) is 5.92 Å². The van der Waals surface area contributed by atoms with Crippen LogP contribution in [0.2, 0.25) is 0 Å². The summed E-state index contributed by atoms with van der Waals surface area (Å²) in [5, 5.41) is 0. The quantitative estimate of drug-likeness (QED) is 0.253. The Hall–Kier alpha value is -1.57. The van der Waals surface area contributed by atoms with E-state index >= 15 is 0 Å². The van der Waals surface area contributed by atoms with Gasteiger partial charge in [-0.25, -0.2) is 0 Å². The molecule has 2 nitrogen and oxygen atoms in total. The van der Waals surface area contributed by atoms with E-state index in [1.165, 1.54) is 69.8 Å². The molecule has 2 heteroatoms. The summed E-state index contributed by atoms with van der Waals surface area (Å²) in [7, 11) is 0. The highest BCUT2D eigenvalue weighted by atomic mass is 15.0. The van der Waals surface area contributed by atoms with Gasteiger partial charge in [-0.15, -0.1) is 0 Å². The molecule has 2 unspecified atom stereocenters. The van der Waals surface area contributed by atoms with Gasteiger partial charge >= 0.3 is 0 Å². The third-order valence-electron chi connectivity index (χ3n) is 5.52. The second-order valence-corrected chi connectivity index (χ2v) is 7.67. The van der Waals surface area contributed by atoms with Crippen molar-refractivity contribution >= 4 is 12.4 Å². The first kappa shape index (κ1) is 20.7. The summed E-state index contributed by atoms with van der Waals surface area (Å²) in [5.41, 5.74) is 1.46. The Kier molecular flexibility index (Phi) is 10.2. The van der Waals surface area contributed by atoms with Crippen molar-refractivity contribution in [3.05, 3.63) is 42.1 Å². The van der Waals surface area contributed by atoms with Gasteiger partial charge in [-0.05, 0) is 30.7 Å². The normalized spacial score (nSPS) is 15.5. The van der Waals surface area contributed by atoms with Crippen molar-refractivity contribution in [2.45, 2.75) is 84.5 Å². The predicted molar refractivity (Wildman–Crippen MR) is 115 cm³/mol. The van der Waals surface area contributed by atoms with E-state index in [1.807, 2.05) is 12.4 Å². The average Bonchev–Trinajstić information content (AvgIpc) is 3.19. The van der Waals surface area contributed by atoms with Crippen LogP contribution in [0.25, 0.3) is 0 Å². The lowest BCUT2D eigenvalue weighted by atomic mass is 9.78. The van der Waals surface area contributed by atoms with Crippen molar-refractivity contribution in [1.29, 1.82) is 0 Å². The van der Waals surface area contributed by atoms with Crippen LogP contribution in [-0.2, 0) is 6.42 Å². The topological polar surface area (TPSA) is 24.7 Å². The molecular formula is C24H37N2+. The molecule has 142 valence electrons. The van der Waals surface area contributed by atoms with Gasteiger partial charge < -0.3 is 0 Å². The van der Waals surface area contributed by atoms with Crippen molar-refractivity contribution in [3.63, 3.8) is 0 Å². The molecule has 0 aliphatic carbocycles. The fourth-order valence-electron chi connectivity index (χ4n) is 4.01. The Morgan fingerprint density at radius 3 is 2.08 bits per heavy atom.